The maximum absolute atomic E-state index is 12.7. The first-order valence-electron chi connectivity index (χ1n) is 15.6. The first-order valence-corrected chi connectivity index (χ1v) is 15.6. The Kier molecular flexibility index (Phi) is 16.1. The number of aliphatic carboxylic acids is 2. The van der Waals surface area contributed by atoms with E-state index >= 15 is 0 Å². The summed E-state index contributed by atoms with van der Waals surface area (Å²) in [5.41, 5.74) is 12.2. The second kappa shape index (κ2) is 20.2. The molecule has 0 aliphatic heterocycles. The summed E-state index contributed by atoms with van der Waals surface area (Å²) in [6.07, 6.45) is 1.16. The Morgan fingerprint density at radius 2 is 1.52 bits per heavy atom. The Balaban J connectivity index is 0.00000301. The van der Waals surface area contributed by atoms with Gasteiger partial charge in [-0.1, -0.05) is 6.92 Å². The van der Waals surface area contributed by atoms with Crippen molar-refractivity contribution in [3.05, 3.63) is 52.1 Å². The molecule has 0 aliphatic rings. The van der Waals surface area contributed by atoms with Crippen LogP contribution < -0.4 is 38.3 Å². The molecule has 3 unspecified atom stereocenters. The van der Waals surface area contributed by atoms with E-state index in [9.17, 15) is 38.7 Å². The first kappa shape index (κ1) is 41.6. The van der Waals surface area contributed by atoms with Gasteiger partial charge in [-0.3, -0.25) is 29.0 Å². The number of aromatic nitrogens is 4. The molecule has 278 valence electrons. The van der Waals surface area contributed by atoms with Crippen LogP contribution in [0.3, 0.4) is 0 Å². The van der Waals surface area contributed by atoms with E-state index in [1.54, 1.807) is 19.1 Å². The smallest absolute Gasteiger partial charge is 0.373 e. The maximum atomic E-state index is 12.7. The number of aromatic amines is 1. The zero-order chi connectivity index (χ0) is 39.0. The Bertz CT molecular complexity index is 1860. The molecule has 0 saturated heterocycles. The van der Waals surface area contributed by atoms with Crippen molar-refractivity contribution < 1.29 is 48.6 Å². The van der Waals surface area contributed by atoms with Gasteiger partial charge in [-0.25, -0.2) is 19.6 Å². The molecule has 21 heteroatoms. The summed E-state index contributed by atoms with van der Waals surface area (Å²) < 4.78 is 0. The van der Waals surface area contributed by atoms with Crippen molar-refractivity contribution in [2.45, 2.75) is 76.7 Å². The number of carbonyl (C=O) groups is 6. The molecular formula is C31H38N10O11. The summed E-state index contributed by atoms with van der Waals surface area (Å²) >= 11 is 0. The van der Waals surface area contributed by atoms with E-state index in [1.807, 2.05) is 0 Å². The number of carboxylic acid groups (broad SMARTS) is 2. The van der Waals surface area contributed by atoms with Gasteiger partial charge in [0.25, 0.3) is 11.5 Å². The van der Waals surface area contributed by atoms with Gasteiger partial charge in [0.05, 0.1) is 24.5 Å². The third kappa shape index (κ3) is 13.0. The highest BCUT2D eigenvalue weighted by Gasteiger charge is 2.25. The molecule has 0 saturated carbocycles. The fourth-order valence-electron chi connectivity index (χ4n) is 4.39. The fourth-order valence-corrected chi connectivity index (χ4v) is 4.39. The van der Waals surface area contributed by atoms with Gasteiger partial charge in [-0.05, 0) is 50.5 Å². The summed E-state index contributed by atoms with van der Waals surface area (Å²) in [6, 6.07) is 1.39. The monoisotopic (exact) mass is 726 g/mol. The largest absolute Gasteiger partial charge is 0.480 e. The molecular weight excluding hydrogens is 688 g/mol. The minimum Gasteiger partial charge on any atom is -0.480 e. The molecule has 4 atom stereocenters. The number of ketones is 1. The molecule has 52 heavy (non-hydrogen) atoms. The zero-order valence-corrected chi connectivity index (χ0v) is 28.0. The normalized spacial score (nSPS) is 12.8. The van der Waals surface area contributed by atoms with Gasteiger partial charge in [-0.2, -0.15) is 14.6 Å². The van der Waals surface area contributed by atoms with Gasteiger partial charge in [0.15, 0.2) is 11.2 Å². The summed E-state index contributed by atoms with van der Waals surface area (Å²) in [5, 5.41) is 28.8. The number of nitrogens with one attached hydrogen (secondary N) is 5. The number of nitrogens with zero attached hydrogens (tertiary/aromatic N) is 3. The molecule has 0 aliphatic carbocycles. The number of nitrogens with two attached hydrogens (primary N) is 2. The lowest BCUT2D eigenvalue weighted by molar-refractivity contribution is -0.191. The highest BCUT2D eigenvalue weighted by atomic mass is 16.4. The average Bonchev–Trinajstić information content (AvgIpc) is 3.10. The van der Waals surface area contributed by atoms with Crippen molar-refractivity contribution >= 4 is 64.4 Å². The highest BCUT2D eigenvalue weighted by Crippen LogP contribution is 2.13. The van der Waals surface area contributed by atoms with Crippen LogP contribution in [0.2, 0.25) is 0 Å². The lowest BCUT2D eigenvalue weighted by Crippen LogP contribution is -2.53. The van der Waals surface area contributed by atoms with Crippen molar-refractivity contribution in [3.8, 4) is 0 Å². The molecule has 1 aromatic carbocycles. The number of Topliss-reactive ketones (excluding diaryl/α,β-unsaturated/α-hetero) is 1. The van der Waals surface area contributed by atoms with Crippen LogP contribution in [0.4, 0.5) is 11.6 Å². The van der Waals surface area contributed by atoms with Crippen LogP contribution >= 0.6 is 0 Å². The molecule has 0 spiro atoms. The predicted molar refractivity (Wildman–Crippen MR) is 179 cm³/mol. The SMILES string of the molecule is CCC(NC(=O)C(C)NC(=O)C(N)CCC(=O)CC[C@@H](NC(=O)c1ccc(NCc2cnc3nc(N)[nH]c(=O)c3n2)cc1)C(=O)O)C(=O)O.O=C=O. The number of anilines is 2. The number of carboxylic acids is 2. The number of nitrogen functional groups attached to an aromatic ring is 1. The summed E-state index contributed by atoms with van der Waals surface area (Å²) in [7, 11) is 0. The summed E-state index contributed by atoms with van der Waals surface area (Å²) in [6.45, 7) is 3.12. The third-order valence-corrected chi connectivity index (χ3v) is 7.27. The highest BCUT2D eigenvalue weighted by molar-refractivity contribution is 5.97. The van der Waals surface area contributed by atoms with E-state index in [2.05, 4.69) is 41.2 Å². The molecule has 3 amide bonds. The van der Waals surface area contributed by atoms with Crippen molar-refractivity contribution in [3.63, 3.8) is 0 Å². The molecule has 11 N–H and O–H groups in total. The van der Waals surface area contributed by atoms with Crippen molar-refractivity contribution in [1.29, 1.82) is 0 Å². The minimum absolute atomic E-state index is 0.0286. The van der Waals surface area contributed by atoms with Gasteiger partial charge in [0, 0.05) is 24.1 Å². The number of benzene rings is 1. The minimum atomic E-state index is -1.37. The van der Waals surface area contributed by atoms with Gasteiger partial charge in [-0.15, -0.1) is 0 Å². The van der Waals surface area contributed by atoms with E-state index in [1.165, 1.54) is 25.3 Å². The van der Waals surface area contributed by atoms with Gasteiger partial charge < -0.3 is 42.9 Å². The van der Waals surface area contributed by atoms with Gasteiger partial charge in [0.2, 0.25) is 17.8 Å². The molecule has 2 heterocycles. The summed E-state index contributed by atoms with van der Waals surface area (Å²) in [4.78, 5) is 116. The van der Waals surface area contributed by atoms with E-state index in [0.29, 0.717) is 11.4 Å². The van der Waals surface area contributed by atoms with E-state index in [4.69, 9.17) is 26.2 Å². The van der Waals surface area contributed by atoms with Crippen molar-refractivity contribution in [1.82, 2.24) is 35.9 Å². The number of carbonyl (C=O) groups excluding carboxylic acids is 6. The molecule has 0 bridgehead atoms. The zero-order valence-electron chi connectivity index (χ0n) is 28.0. The molecule has 3 aromatic rings. The lowest BCUT2D eigenvalue weighted by Gasteiger charge is -2.19. The number of hydrogen-bond acceptors (Lipinski definition) is 15. The summed E-state index contributed by atoms with van der Waals surface area (Å²) in [5.74, 6) is -5.14. The van der Waals surface area contributed by atoms with Crippen molar-refractivity contribution in [2.24, 2.45) is 5.73 Å². The Labute approximate surface area is 294 Å². The standard InChI is InChI=1S/C30H38N10O9.CO2/c1-3-20(28(46)47)37-24(42)14(2)35-26(44)19(31)10-8-18(41)9-11-21(29(48)49)38-25(43)15-4-6-16(7-5-15)33-12-17-13-34-23-22(36-17)27(45)40-30(32)39-23;2-1-3/h4-7,13-14,19-21,33H,3,8-12,31H2,1-2H3,(H,35,44)(H,37,42)(H,38,43)(H,46,47)(H,48,49)(H3,32,34,39,40,45);/t14?,19?,20?,21-;/m1./s1. The van der Waals surface area contributed by atoms with Crippen LogP contribution in [0.5, 0.6) is 0 Å². The molecule has 21 nitrogen and oxygen atoms in total. The second-order valence-electron chi connectivity index (χ2n) is 11.1. The fraction of sp³-hybridized carbons (Fsp3) is 0.387. The average molecular weight is 727 g/mol. The molecule has 0 fully saturated rings. The maximum Gasteiger partial charge on any atom is 0.373 e. The first-order chi connectivity index (χ1) is 24.6. The van der Waals surface area contributed by atoms with Gasteiger partial charge in [0.1, 0.15) is 23.9 Å². The van der Waals surface area contributed by atoms with Crippen LogP contribution in [0, 0.1) is 0 Å². The van der Waals surface area contributed by atoms with Crippen LogP contribution in [0.1, 0.15) is 62.0 Å². The Morgan fingerprint density at radius 1 is 0.904 bits per heavy atom. The number of amides is 3. The third-order valence-electron chi connectivity index (χ3n) is 7.27. The number of H-pyrrole nitrogens is 1. The van der Waals surface area contributed by atoms with Gasteiger partial charge >= 0.3 is 18.1 Å². The topological polar surface area (TPSA) is 349 Å². The Morgan fingerprint density at radius 3 is 2.12 bits per heavy atom. The van der Waals surface area contributed by atoms with E-state index < -0.39 is 65.2 Å². The van der Waals surface area contributed by atoms with Crippen LogP contribution in [-0.4, -0.2) is 95.9 Å². The quantitative estimate of drug-likeness (QED) is 0.0716. The lowest BCUT2D eigenvalue weighted by atomic mass is 10.0. The molecule has 2 aromatic heterocycles. The Hall–Kier alpha value is -6.60. The van der Waals surface area contributed by atoms with Crippen molar-refractivity contribution in [2.75, 3.05) is 11.1 Å². The van der Waals surface area contributed by atoms with Crippen LogP contribution in [0.25, 0.3) is 11.2 Å². The van der Waals surface area contributed by atoms with E-state index in [0.717, 1.165) is 0 Å². The molecule has 3 rings (SSSR count). The van der Waals surface area contributed by atoms with E-state index in [-0.39, 0.29) is 67.5 Å². The second-order valence-corrected chi connectivity index (χ2v) is 11.1. The van der Waals surface area contributed by atoms with Crippen LogP contribution in [0.15, 0.2) is 35.3 Å². The molecule has 0 radical (unpaired) electrons. The predicted octanol–water partition coefficient (Wildman–Crippen LogP) is -1.55. The number of rotatable bonds is 18. The van der Waals surface area contributed by atoms with Crippen LogP contribution in [-0.2, 0) is 40.1 Å². The number of fused-ring (bicyclic) bond motifs is 1. The number of hydrogen-bond donors (Lipinski definition) is 9.